The van der Waals surface area contributed by atoms with Gasteiger partial charge in [-0.05, 0) is 75.8 Å². The van der Waals surface area contributed by atoms with Crippen LogP contribution in [0.2, 0.25) is 0 Å². The predicted octanol–water partition coefficient (Wildman–Crippen LogP) is 3.16. The fourth-order valence-electron chi connectivity index (χ4n) is 6.06. The third-order valence-corrected chi connectivity index (χ3v) is 9.80. The van der Waals surface area contributed by atoms with Crippen LogP contribution in [0.25, 0.3) is 0 Å². The fourth-order valence-corrected chi connectivity index (χ4v) is 7.75. The zero-order chi connectivity index (χ0) is 23.7. The molecule has 10 heteroatoms. The van der Waals surface area contributed by atoms with Gasteiger partial charge in [-0.25, -0.2) is 8.42 Å². The van der Waals surface area contributed by atoms with Crippen molar-refractivity contribution < 1.29 is 31.5 Å². The molecule has 4 aliphatic rings. The standard InChI is InChI=1S/C22H29F3N2O4S/c1-20(2,27(3)32(30,31)17-7-5-4-6-16(17)22(23,24)25)19(28)26-18-14-8-13-9-15(18)12-21(29,10-13)11-14/h4-7,13-15,18,29H,8-12H2,1-3H3,(H,26,28). The normalized spacial score (nSPS) is 32.4. The SMILES string of the molecule is CN(C(C)(C)C(=O)NC1C2CC3CC1CC(O)(C3)C2)S(=O)(=O)c1ccccc1C(F)(F)F. The summed E-state index contributed by atoms with van der Waals surface area (Å²) in [4.78, 5) is 12.4. The molecule has 1 amide bonds. The van der Waals surface area contributed by atoms with Crippen LogP contribution >= 0.6 is 0 Å². The van der Waals surface area contributed by atoms with E-state index in [1.54, 1.807) is 0 Å². The van der Waals surface area contributed by atoms with Crippen LogP contribution in [-0.4, -0.2) is 48.0 Å². The van der Waals surface area contributed by atoms with Crippen molar-refractivity contribution in [1.82, 2.24) is 9.62 Å². The molecule has 4 fully saturated rings. The molecule has 0 radical (unpaired) electrons. The summed E-state index contributed by atoms with van der Waals surface area (Å²) in [6.45, 7) is 2.78. The molecule has 4 saturated carbocycles. The van der Waals surface area contributed by atoms with Crippen molar-refractivity contribution in [2.24, 2.45) is 17.8 Å². The second kappa shape index (κ2) is 7.43. The van der Waals surface area contributed by atoms with Crippen molar-refractivity contribution in [3.8, 4) is 0 Å². The number of carbonyl (C=O) groups is 1. The first-order chi connectivity index (χ1) is 14.6. The minimum absolute atomic E-state index is 0.124. The summed E-state index contributed by atoms with van der Waals surface area (Å²) in [6, 6.07) is 3.80. The van der Waals surface area contributed by atoms with Crippen LogP contribution in [0.5, 0.6) is 0 Å². The van der Waals surface area contributed by atoms with Gasteiger partial charge >= 0.3 is 6.18 Å². The average Bonchev–Trinajstić information content (AvgIpc) is 2.68. The van der Waals surface area contributed by atoms with Gasteiger partial charge in [0.05, 0.1) is 16.1 Å². The molecule has 1 aromatic rings. The maximum absolute atomic E-state index is 13.4. The first-order valence-electron chi connectivity index (χ1n) is 10.8. The predicted molar refractivity (Wildman–Crippen MR) is 111 cm³/mol. The highest BCUT2D eigenvalue weighted by Gasteiger charge is 2.56. The Bertz CT molecular complexity index is 1010. The third kappa shape index (κ3) is 3.84. The Labute approximate surface area is 186 Å². The summed E-state index contributed by atoms with van der Waals surface area (Å²) < 4.78 is 67.3. The molecular formula is C22H29F3N2O4S. The lowest BCUT2D eigenvalue weighted by Gasteiger charge is -2.58. The largest absolute Gasteiger partial charge is 0.417 e. The quantitative estimate of drug-likeness (QED) is 0.687. The highest BCUT2D eigenvalue weighted by Crippen LogP contribution is 2.55. The monoisotopic (exact) mass is 474 g/mol. The smallest absolute Gasteiger partial charge is 0.390 e. The van der Waals surface area contributed by atoms with Crippen molar-refractivity contribution >= 4 is 15.9 Å². The van der Waals surface area contributed by atoms with E-state index in [0.717, 1.165) is 38.4 Å². The van der Waals surface area contributed by atoms with Crippen molar-refractivity contribution in [1.29, 1.82) is 0 Å². The number of aliphatic hydroxyl groups is 1. The second-order valence-corrected chi connectivity index (χ2v) is 12.2. The summed E-state index contributed by atoms with van der Waals surface area (Å²) in [5, 5.41) is 13.7. The van der Waals surface area contributed by atoms with E-state index in [1.165, 1.54) is 19.9 Å². The van der Waals surface area contributed by atoms with E-state index < -0.39 is 43.7 Å². The van der Waals surface area contributed by atoms with Crippen LogP contribution in [0.1, 0.15) is 51.5 Å². The van der Waals surface area contributed by atoms with Crippen molar-refractivity contribution in [2.75, 3.05) is 7.05 Å². The van der Waals surface area contributed by atoms with Crippen LogP contribution in [0.3, 0.4) is 0 Å². The summed E-state index contributed by atoms with van der Waals surface area (Å²) >= 11 is 0. The number of likely N-dealkylation sites (N-methyl/N-ethyl adjacent to an activating group) is 1. The van der Waals surface area contributed by atoms with Gasteiger partial charge in [0, 0.05) is 13.1 Å². The van der Waals surface area contributed by atoms with Gasteiger partial charge < -0.3 is 10.4 Å². The third-order valence-electron chi connectivity index (χ3n) is 7.71. The maximum atomic E-state index is 13.4. The van der Waals surface area contributed by atoms with E-state index in [9.17, 15) is 31.5 Å². The molecule has 4 aliphatic carbocycles. The lowest BCUT2D eigenvalue weighted by molar-refractivity contribution is -0.150. The van der Waals surface area contributed by atoms with Crippen LogP contribution in [0, 0.1) is 17.8 Å². The highest BCUT2D eigenvalue weighted by molar-refractivity contribution is 7.89. The van der Waals surface area contributed by atoms with Gasteiger partial charge in [-0.3, -0.25) is 4.79 Å². The summed E-state index contributed by atoms with van der Waals surface area (Å²) in [7, 11) is -3.49. The van der Waals surface area contributed by atoms with Crippen LogP contribution in [0.4, 0.5) is 13.2 Å². The molecule has 6 nitrogen and oxygen atoms in total. The van der Waals surface area contributed by atoms with Gasteiger partial charge in [-0.15, -0.1) is 0 Å². The molecule has 2 N–H and O–H groups in total. The zero-order valence-electron chi connectivity index (χ0n) is 18.3. The van der Waals surface area contributed by atoms with Crippen LogP contribution in [0.15, 0.2) is 29.2 Å². The Hall–Kier alpha value is -1.65. The molecule has 32 heavy (non-hydrogen) atoms. The van der Waals surface area contributed by atoms with E-state index in [0.29, 0.717) is 29.1 Å². The first kappa shape index (κ1) is 23.5. The lowest BCUT2D eigenvalue weighted by atomic mass is 9.52. The van der Waals surface area contributed by atoms with E-state index in [1.807, 2.05) is 0 Å². The molecule has 2 atom stereocenters. The van der Waals surface area contributed by atoms with E-state index in [2.05, 4.69) is 5.32 Å². The fraction of sp³-hybridized carbons (Fsp3) is 0.682. The molecule has 178 valence electrons. The Kier molecular flexibility index (Phi) is 5.46. The molecule has 5 rings (SSSR count). The summed E-state index contributed by atoms with van der Waals surface area (Å²) in [5.74, 6) is 0.135. The number of alkyl halides is 3. The molecule has 1 aromatic carbocycles. The molecule has 0 spiro atoms. The number of benzene rings is 1. The number of hydrogen-bond acceptors (Lipinski definition) is 4. The molecule has 0 aliphatic heterocycles. The number of carbonyl (C=O) groups excluding carboxylic acids is 1. The molecule has 0 saturated heterocycles. The van der Waals surface area contributed by atoms with Gasteiger partial charge in [-0.1, -0.05) is 12.1 Å². The van der Waals surface area contributed by atoms with E-state index in [-0.39, 0.29) is 17.9 Å². The average molecular weight is 475 g/mol. The van der Waals surface area contributed by atoms with Gasteiger partial charge in [0.25, 0.3) is 0 Å². The lowest BCUT2D eigenvalue weighted by Crippen LogP contribution is -2.65. The van der Waals surface area contributed by atoms with Gasteiger partial charge in [0.2, 0.25) is 15.9 Å². The van der Waals surface area contributed by atoms with Gasteiger partial charge in [0.1, 0.15) is 5.54 Å². The number of rotatable bonds is 5. The van der Waals surface area contributed by atoms with Gasteiger partial charge in [0.15, 0.2) is 0 Å². The highest BCUT2D eigenvalue weighted by atomic mass is 32.2. The summed E-state index contributed by atoms with van der Waals surface area (Å²) in [6.07, 6.45) is -1.01. The van der Waals surface area contributed by atoms with Crippen molar-refractivity contribution in [3.63, 3.8) is 0 Å². The van der Waals surface area contributed by atoms with Crippen molar-refractivity contribution in [2.45, 2.75) is 74.2 Å². The molecular weight excluding hydrogens is 445 g/mol. The number of nitrogens with zero attached hydrogens (tertiary/aromatic N) is 1. The van der Waals surface area contributed by atoms with Crippen LogP contribution in [-0.2, 0) is 21.0 Å². The maximum Gasteiger partial charge on any atom is 0.417 e. The first-order valence-corrected chi connectivity index (χ1v) is 12.3. The molecule has 2 unspecified atom stereocenters. The number of amides is 1. The number of halogens is 3. The minimum atomic E-state index is -4.85. The van der Waals surface area contributed by atoms with Crippen LogP contribution < -0.4 is 5.32 Å². The topological polar surface area (TPSA) is 86.7 Å². The number of sulfonamides is 1. The van der Waals surface area contributed by atoms with E-state index in [4.69, 9.17) is 0 Å². The Morgan fingerprint density at radius 1 is 1.12 bits per heavy atom. The Morgan fingerprint density at radius 2 is 1.69 bits per heavy atom. The Balaban J connectivity index is 1.56. The summed E-state index contributed by atoms with van der Waals surface area (Å²) in [5.41, 5.74) is -3.56. The second-order valence-electron chi connectivity index (χ2n) is 10.2. The molecule has 0 aromatic heterocycles. The van der Waals surface area contributed by atoms with Gasteiger partial charge in [-0.2, -0.15) is 17.5 Å². The number of hydrogen-bond donors (Lipinski definition) is 2. The number of nitrogens with one attached hydrogen (secondary N) is 1. The molecule has 4 bridgehead atoms. The Morgan fingerprint density at radius 3 is 2.22 bits per heavy atom. The van der Waals surface area contributed by atoms with E-state index >= 15 is 0 Å². The van der Waals surface area contributed by atoms with Crippen molar-refractivity contribution in [3.05, 3.63) is 29.8 Å². The zero-order valence-corrected chi connectivity index (χ0v) is 19.1. The molecule has 0 heterocycles. The minimum Gasteiger partial charge on any atom is -0.390 e.